The van der Waals surface area contributed by atoms with Gasteiger partial charge in [-0.15, -0.1) is 11.8 Å². The maximum Gasteiger partial charge on any atom is 0.264 e. The first-order valence-corrected chi connectivity index (χ1v) is 4.34. The average molecular weight is 171 g/mol. The van der Waals surface area contributed by atoms with Crippen molar-refractivity contribution in [1.29, 1.82) is 0 Å². The Kier molecular flexibility index (Phi) is 2.34. The van der Waals surface area contributed by atoms with Crippen LogP contribution in [0.3, 0.4) is 0 Å². The Morgan fingerprint density at radius 3 is 2.36 bits per heavy atom. The van der Waals surface area contributed by atoms with Gasteiger partial charge in [-0.3, -0.25) is 14.9 Å². The fourth-order valence-corrected chi connectivity index (χ4v) is 1.63. The van der Waals surface area contributed by atoms with Crippen molar-refractivity contribution in [2.24, 2.45) is 0 Å². The Morgan fingerprint density at radius 1 is 1.36 bits per heavy atom. The predicted octanol–water partition coefficient (Wildman–Crippen LogP) is 0.670. The maximum absolute atomic E-state index is 11.0. The van der Waals surface area contributed by atoms with E-state index in [1.165, 1.54) is 11.8 Å². The fourth-order valence-electron chi connectivity index (χ4n) is 0.845. The van der Waals surface area contributed by atoms with Crippen molar-refractivity contribution in [2.45, 2.75) is 13.8 Å². The number of amides is 2. The summed E-state index contributed by atoms with van der Waals surface area (Å²) >= 11 is 1.41. The summed E-state index contributed by atoms with van der Waals surface area (Å²) in [7, 11) is 0. The molecule has 0 radical (unpaired) electrons. The van der Waals surface area contributed by atoms with Crippen LogP contribution in [-0.4, -0.2) is 17.6 Å². The zero-order valence-corrected chi connectivity index (χ0v) is 7.25. The lowest BCUT2D eigenvalue weighted by atomic mass is 10.3. The third-order valence-corrected chi connectivity index (χ3v) is 2.47. The lowest BCUT2D eigenvalue weighted by Gasteiger charge is -1.94. The summed E-state index contributed by atoms with van der Waals surface area (Å²) in [5.41, 5.74) is 0.543. The van der Waals surface area contributed by atoms with Gasteiger partial charge in [0.2, 0.25) is 0 Å². The summed E-state index contributed by atoms with van der Waals surface area (Å²) in [6.45, 7) is 3.61. The third-order valence-electron chi connectivity index (χ3n) is 1.40. The summed E-state index contributed by atoms with van der Waals surface area (Å²) in [4.78, 5) is 22.4. The van der Waals surface area contributed by atoms with Crippen molar-refractivity contribution in [2.75, 3.05) is 5.75 Å². The smallest absolute Gasteiger partial charge is 0.264 e. The Hall–Kier alpha value is -0.770. The highest BCUT2D eigenvalue weighted by Gasteiger charge is 2.26. The molecule has 2 amide bonds. The molecule has 1 rings (SSSR count). The van der Waals surface area contributed by atoms with E-state index in [-0.39, 0.29) is 11.8 Å². The van der Waals surface area contributed by atoms with Gasteiger partial charge < -0.3 is 0 Å². The molecule has 60 valence electrons. The largest absolute Gasteiger partial charge is 0.288 e. The molecule has 0 unspecified atom stereocenters. The maximum atomic E-state index is 11.0. The van der Waals surface area contributed by atoms with E-state index in [2.05, 4.69) is 5.32 Å². The third kappa shape index (κ3) is 1.45. The second-order valence-corrected chi connectivity index (χ2v) is 3.44. The number of hydrogen-bond acceptors (Lipinski definition) is 3. The van der Waals surface area contributed by atoms with Crippen LogP contribution >= 0.6 is 11.8 Å². The van der Waals surface area contributed by atoms with E-state index >= 15 is 0 Å². The number of rotatable bonds is 2. The van der Waals surface area contributed by atoms with E-state index in [0.717, 1.165) is 5.75 Å². The second-order valence-electron chi connectivity index (χ2n) is 2.17. The van der Waals surface area contributed by atoms with Gasteiger partial charge in [0.1, 0.15) is 0 Å². The number of nitrogens with one attached hydrogen (secondary N) is 1. The SMILES string of the molecule is CCSC1=C(C)C(=O)NC1=O. The van der Waals surface area contributed by atoms with Crippen molar-refractivity contribution in [1.82, 2.24) is 5.32 Å². The van der Waals surface area contributed by atoms with E-state index in [9.17, 15) is 9.59 Å². The van der Waals surface area contributed by atoms with Crippen LogP contribution in [0.15, 0.2) is 10.5 Å². The first-order valence-electron chi connectivity index (χ1n) is 3.36. The van der Waals surface area contributed by atoms with E-state index < -0.39 is 0 Å². The number of imide groups is 1. The summed E-state index contributed by atoms with van der Waals surface area (Å²) in [6, 6.07) is 0. The minimum absolute atomic E-state index is 0.251. The molecule has 0 aliphatic carbocycles. The second kappa shape index (κ2) is 3.09. The molecule has 0 saturated carbocycles. The first kappa shape index (κ1) is 8.33. The van der Waals surface area contributed by atoms with E-state index in [1.807, 2.05) is 6.92 Å². The van der Waals surface area contributed by atoms with Crippen molar-refractivity contribution in [3.8, 4) is 0 Å². The van der Waals surface area contributed by atoms with Crippen molar-refractivity contribution < 1.29 is 9.59 Å². The van der Waals surface area contributed by atoms with Gasteiger partial charge in [-0.05, 0) is 12.7 Å². The minimum Gasteiger partial charge on any atom is -0.288 e. The molecule has 0 saturated heterocycles. The highest BCUT2D eigenvalue weighted by molar-refractivity contribution is 8.04. The molecule has 1 aliphatic rings. The molecule has 1 aliphatic heterocycles. The molecule has 1 N–H and O–H groups in total. The monoisotopic (exact) mass is 171 g/mol. The zero-order valence-electron chi connectivity index (χ0n) is 6.43. The van der Waals surface area contributed by atoms with Gasteiger partial charge >= 0.3 is 0 Å². The van der Waals surface area contributed by atoms with Gasteiger partial charge in [0.25, 0.3) is 11.8 Å². The lowest BCUT2D eigenvalue weighted by Crippen LogP contribution is -2.22. The van der Waals surface area contributed by atoms with Gasteiger partial charge in [-0.25, -0.2) is 0 Å². The van der Waals surface area contributed by atoms with Crippen LogP contribution in [-0.2, 0) is 9.59 Å². The highest BCUT2D eigenvalue weighted by atomic mass is 32.2. The Morgan fingerprint density at radius 2 is 2.00 bits per heavy atom. The molecule has 0 fully saturated rings. The molecule has 0 aromatic carbocycles. The van der Waals surface area contributed by atoms with E-state index in [1.54, 1.807) is 6.92 Å². The summed E-state index contributed by atoms with van der Waals surface area (Å²) in [6.07, 6.45) is 0. The Labute approximate surface area is 69.2 Å². The molecule has 0 spiro atoms. The zero-order chi connectivity index (χ0) is 8.43. The molecule has 3 nitrogen and oxygen atoms in total. The normalized spacial score (nSPS) is 17.6. The van der Waals surface area contributed by atoms with Gasteiger partial charge in [-0.1, -0.05) is 6.92 Å². The number of hydrogen-bond donors (Lipinski definition) is 1. The van der Waals surface area contributed by atoms with Crippen molar-refractivity contribution in [3.63, 3.8) is 0 Å². The minimum atomic E-state index is -0.258. The highest BCUT2D eigenvalue weighted by Crippen LogP contribution is 2.23. The molecule has 0 atom stereocenters. The average Bonchev–Trinajstić information content (AvgIpc) is 2.17. The molecule has 0 bridgehead atoms. The Bertz CT molecular complexity index is 245. The lowest BCUT2D eigenvalue weighted by molar-refractivity contribution is -0.123. The van der Waals surface area contributed by atoms with Crippen LogP contribution in [0, 0.1) is 0 Å². The summed E-state index contributed by atoms with van der Waals surface area (Å²) < 4.78 is 0. The van der Waals surface area contributed by atoms with Crippen LogP contribution in [0.4, 0.5) is 0 Å². The van der Waals surface area contributed by atoms with Crippen LogP contribution in [0.25, 0.3) is 0 Å². The fraction of sp³-hybridized carbons (Fsp3) is 0.429. The topological polar surface area (TPSA) is 46.2 Å². The number of carbonyl (C=O) groups is 2. The summed E-state index contributed by atoms with van der Waals surface area (Å²) in [5, 5.41) is 2.23. The van der Waals surface area contributed by atoms with Crippen LogP contribution in [0.2, 0.25) is 0 Å². The van der Waals surface area contributed by atoms with E-state index in [4.69, 9.17) is 0 Å². The quantitative estimate of drug-likeness (QED) is 0.621. The summed E-state index contributed by atoms with van der Waals surface area (Å²) in [5.74, 6) is 0.304. The molecule has 0 aromatic heterocycles. The first-order chi connectivity index (χ1) is 5.16. The Balaban J connectivity index is 2.87. The van der Waals surface area contributed by atoms with Crippen molar-refractivity contribution in [3.05, 3.63) is 10.5 Å². The molecular formula is C7H9NO2S. The number of carbonyl (C=O) groups excluding carboxylic acids is 2. The van der Waals surface area contributed by atoms with Crippen molar-refractivity contribution >= 4 is 23.6 Å². The van der Waals surface area contributed by atoms with Crippen LogP contribution in [0.1, 0.15) is 13.8 Å². The molecule has 0 aromatic rings. The van der Waals surface area contributed by atoms with Gasteiger partial charge in [-0.2, -0.15) is 0 Å². The van der Waals surface area contributed by atoms with Gasteiger partial charge in [0.05, 0.1) is 4.91 Å². The predicted molar refractivity (Wildman–Crippen MR) is 44.0 cm³/mol. The molecular weight excluding hydrogens is 162 g/mol. The van der Waals surface area contributed by atoms with Crippen LogP contribution < -0.4 is 5.32 Å². The molecule has 11 heavy (non-hydrogen) atoms. The van der Waals surface area contributed by atoms with E-state index in [0.29, 0.717) is 10.5 Å². The van der Waals surface area contributed by atoms with Crippen LogP contribution in [0.5, 0.6) is 0 Å². The molecule has 4 heteroatoms. The van der Waals surface area contributed by atoms with Gasteiger partial charge in [0, 0.05) is 5.57 Å². The standard InChI is InChI=1S/C7H9NO2S/c1-3-11-5-4(2)6(9)8-7(5)10/h3H2,1-2H3,(H,8,9,10). The number of thioether (sulfide) groups is 1. The van der Waals surface area contributed by atoms with Gasteiger partial charge in [0.15, 0.2) is 0 Å². The molecule has 1 heterocycles.